The number of carbonyl (C=O) groups is 4. The Morgan fingerprint density at radius 3 is 2.61 bits per heavy atom. The Morgan fingerprint density at radius 1 is 1.50 bits per heavy atom. The van der Waals surface area contributed by atoms with Gasteiger partial charge in [0.2, 0.25) is 11.8 Å². The summed E-state index contributed by atoms with van der Waals surface area (Å²) in [6.45, 7) is 1.36. The first-order valence-corrected chi connectivity index (χ1v) is 5.72. The molecule has 0 unspecified atom stereocenters. The van der Waals surface area contributed by atoms with Gasteiger partial charge in [0.1, 0.15) is 17.9 Å². The fourth-order valence-electron chi connectivity index (χ4n) is 1.69. The average Bonchev–Trinajstić information content (AvgIpc) is 2.70. The van der Waals surface area contributed by atoms with Crippen molar-refractivity contribution in [3.8, 4) is 0 Å². The number of nitrogens with one attached hydrogen (secondary N) is 2. The number of carbonyl (C=O) groups excluding carboxylic acids is 3. The number of hydrogen-bond acceptors (Lipinski definition) is 4. The van der Waals surface area contributed by atoms with Crippen LogP contribution in [-0.4, -0.2) is 40.8 Å². The van der Waals surface area contributed by atoms with Crippen LogP contribution >= 0.6 is 0 Å². The van der Waals surface area contributed by atoms with Crippen LogP contribution in [0.5, 0.6) is 0 Å². The first-order chi connectivity index (χ1) is 8.40. The van der Waals surface area contributed by atoms with Gasteiger partial charge in [-0.25, -0.2) is 4.79 Å². The number of Topliss-reactive ketones (excluding diaryl/α,β-unsaturated/α-hetero) is 1. The largest absolute Gasteiger partial charge is 0.480 e. The van der Waals surface area contributed by atoms with Crippen molar-refractivity contribution in [1.82, 2.24) is 10.6 Å². The van der Waals surface area contributed by atoms with Crippen LogP contribution < -0.4 is 10.6 Å². The second-order valence-electron chi connectivity index (χ2n) is 4.30. The summed E-state index contributed by atoms with van der Waals surface area (Å²) in [6.07, 6.45) is 0.776. The number of carboxylic acids is 1. The zero-order chi connectivity index (χ0) is 13.7. The van der Waals surface area contributed by atoms with Crippen molar-refractivity contribution in [3.63, 3.8) is 0 Å². The molecule has 0 aromatic rings. The molecule has 1 saturated heterocycles. The molecule has 1 heterocycles. The highest BCUT2D eigenvalue weighted by Crippen LogP contribution is 2.07. The van der Waals surface area contributed by atoms with E-state index in [9.17, 15) is 19.2 Å². The van der Waals surface area contributed by atoms with E-state index in [1.54, 1.807) is 0 Å². The summed E-state index contributed by atoms with van der Waals surface area (Å²) in [7, 11) is 0. The fourth-order valence-corrected chi connectivity index (χ4v) is 1.69. The third-order valence-corrected chi connectivity index (χ3v) is 2.71. The first kappa shape index (κ1) is 14.1. The van der Waals surface area contributed by atoms with E-state index in [1.165, 1.54) is 6.92 Å². The summed E-state index contributed by atoms with van der Waals surface area (Å²) in [5, 5.41) is 13.7. The number of aliphatic carboxylic acids is 1. The topological polar surface area (TPSA) is 113 Å². The second kappa shape index (κ2) is 6.13. The third kappa shape index (κ3) is 4.15. The van der Waals surface area contributed by atoms with Crippen LogP contribution in [0.25, 0.3) is 0 Å². The van der Waals surface area contributed by atoms with Gasteiger partial charge in [-0.05, 0) is 19.8 Å². The summed E-state index contributed by atoms with van der Waals surface area (Å²) in [4.78, 5) is 44.3. The number of rotatable bonds is 6. The number of carboxylic acid groups (broad SMARTS) is 1. The van der Waals surface area contributed by atoms with E-state index < -0.39 is 24.0 Å². The molecule has 0 bridgehead atoms. The molecule has 1 fully saturated rings. The van der Waals surface area contributed by atoms with Crippen LogP contribution in [0.3, 0.4) is 0 Å². The van der Waals surface area contributed by atoms with Crippen molar-refractivity contribution >= 4 is 23.6 Å². The smallest absolute Gasteiger partial charge is 0.326 e. The monoisotopic (exact) mass is 256 g/mol. The molecule has 7 heteroatoms. The molecule has 0 aliphatic carbocycles. The summed E-state index contributed by atoms with van der Waals surface area (Å²) in [5.74, 6) is -2.05. The quantitative estimate of drug-likeness (QED) is 0.576. The minimum atomic E-state index is -1.19. The molecule has 0 aromatic heterocycles. The standard InChI is InChI=1S/C11H16N2O5/c1-6(14)2-3-8(11(17)18)13-10(16)7-4-5-9(15)12-7/h7-8H,2-5H2,1H3,(H,12,15)(H,13,16)(H,17,18)/t7-,8+/m0/s1. The lowest BCUT2D eigenvalue weighted by Crippen LogP contribution is -2.48. The normalized spacial score (nSPS) is 20.1. The van der Waals surface area contributed by atoms with Crippen molar-refractivity contribution < 1.29 is 24.3 Å². The van der Waals surface area contributed by atoms with Gasteiger partial charge in [0.15, 0.2) is 0 Å². The Bertz CT molecular complexity index is 380. The van der Waals surface area contributed by atoms with Crippen LogP contribution in [0.4, 0.5) is 0 Å². The summed E-state index contributed by atoms with van der Waals surface area (Å²) in [5.41, 5.74) is 0. The first-order valence-electron chi connectivity index (χ1n) is 5.72. The molecular weight excluding hydrogens is 240 g/mol. The lowest BCUT2D eigenvalue weighted by atomic mass is 10.1. The molecule has 1 rings (SSSR count). The van der Waals surface area contributed by atoms with Gasteiger partial charge in [-0.2, -0.15) is 0 Å². The maximum absolute atomic E-state index is 11.7. The Morgan fingerprint density at radius 2 is 2.17 bits per heavy atom. The predicted molar refractivity (Wildman–Crippen MR) is 60.6 cm³/mol. The number of amides is 2. The maximum Gasteiger partial charge on any atom is 0.326 e. The Kier molecular flexibility index (Phi) is 4.82. The van der Waals surface area contributed by atoms with Crippen LogP contribution in [0, 0.1) is 0 Å². The zero-order valence-corrected chi connectivity index (χ0v) is 10.1. The lowest BCUT2D eigenvalue weighted by molar-refractivity contribution is -0.142. The van der Waals surface area contributed by atoms with Gasteiger partial charge in [-0.3, -0.25) is 9.59 Å². The van der Waals surface area contributed by atoms with E-state index in [0.29, 0.717) is 6.42 Å². The molecule has 7 nitrogen and oxygen atoms in total. The van der Waals surface area contributed by atoms with Gasteiger partial charge in [0, 0.05) is 12.8 Å². The van der Waals surface area contributed by atoms with Gasteiger partial charge in [0.25, 0.3) is 0 Å². The van der Waals surface area contributed by atoms with Gasteiger partial charge in [-0.1, -0.05) is 0 Å². The van der Waals surface area contributed by atoms with Crippen LogP contribution in [0.1, 0.15) is 32.6 Å². The van der Waals surface area contributed by atoms with Gasteiger partial charge in [-0.15, -0.1) is 0 Å². The van der Waals surface area contributed by atoms with Crippen LogP contribution in [0.15, 0.2) is 0 Å². The summed E-state index contributed by atoms with van der Waals surface area (Å²) >= 11 is 0. The predicted octanol–water partition coefficient (Wildman–Crippen LogP) is -0.796. The van der Waals surface area contributed by atoms with Crippen molar-refractivity contribution in [2.24, 2.45) is 0 Å². The average molecular weight is 256 g/mol. The van der Waals surface area contributed by atoms with Crippen LogP contribution in [0.2, 0.25) is 0 Å². The molecule has 0 spiro atoms. The molecule has 3 N–H and O–H groups in total. The molecule has 1 aliphatic rings. The SMILES string of the molecule is CC(=O)CC[C@@H](NC(=O)[C@@H]1CCC(=O)N1)C(=O)O. The van der Waals surface area contributed by atoms with E-state index in [1.807, 2.05) is 0 Å². The highest BCUT2D eigenvalue weighted by atomic mass is 16.4. The third-order valence-electron chi connectivity index (χ3n) is 2.71. The highest BCUT2D eigenvalue weighted by molar-refractivity contribution is 5.92. The van der Waals surface area contributed by atoms with Crippen molar-refractivity contribution in [2.75, 3.05) is 0 Å². The number of hydrogen-bond donors (Lipinski definition) is 3. The van der Waals surface area contributed by atoms with E-state index >= 15 is 0 Å². The van der Waals surface area contributed by atoms with Crippen molar-refractivity contribution in [1.29, 1.82) is 0 Å². The zero-order valence-electron chi connectivity index (χ0n) is 10.1. The second-order valence-corrected chi connectivity index (χ2v) is 4.30. The minimum Gasteiger partial charge on any atom is -0.480 e. The van der Waals surface area contributed by atoms with Gasteiger partial charge in [0.05, 0.1) is 0 Å². The summed E-state index contributed by atoms with van der Waals surface area (Å²) in [6, 6.07) is -1.77. The van der Waals surface area contributed by atoms with Crippen molar-refractivity contribution in [3.05, 3.63) is 0 Å². The molecule has 0 aromatic carbocycles. The van der Waals surface area contributed by atoms with E-state index in [4.69, 9.17) is 5.11 Å². The van der Waals surface area contributed by atoms with Crippen molar-refractivity contribution in [2.45, 2.75) is 44.7 Å². The van der Waals surface area contributed by atoms with Gasteiger partial charge >= 0.3 is 5.97 Å². The Labute approximate surface area is 104 Å². The molecule has 0 saturated carbocycles. The summed E-state index contributed by atoms with van der Waals surface area (Å²) < 4.78 is 0. The lowest BCUT2D eigenvalue weighted by Gasteiger charge is -2.16. The highest BCUT2D eigenvalue weighted by Gasteiger charge is 2.30. The molecule has 100 valence electrons. The Balaban J connectivity index is 2.49. The molecule has 2 atom stereocenters. The van der Waals surface area contributed by atoms with E-state index in [2.05, 4.69) is 10.6 Å². The van der Waals surface area contributed by atoms with E-state index in [0.717, 1.165) is 0 Å². The van der Waals surface area contributed by atoms with Gasteiger partial charge < -0.3 is 20.5 Å². The number of ketones is 1. The molecule has 1 aliphatic heterocycles. The molecule has 2 amide bonds. The molecule has 18 heavy (non-hydrogen) atoms. The molecular formula is C11H16N2O5. The molecule has 0 radical (unpaired) electrons. The maximum atomic E-state index is 11.7. The van der Waals surface area contributed by atoms with Crippen LogP contribution in [-0.2, 0) is 19.2 Å². The Hall–Kier alpha value is -1.92. The fraction of sp³-hybridized carbons (Fsp3) is 0.636. The minimum absolute atomic E-state index is 0.0527. The van der Waals surface area contributed by atoms with E-state index in [-0.39, 0.29) is 31.0 Å².